The first-order valence-corrected chi connectivity index (χ1v) is 8.83. The number of likely N-dealkylation sites (tertiary alicyclic amines) is 1. The lowest BCUT2D eigenvalue weighted by Crippen LogP contribution is -2.44. The molecule has 5 nitrogen and oxygen atoms in total. The van der Waals surface area contributed by atoms with Gasteiger partial charge in [0.2, 0.25) is 0 Å². The minimum Gasteiger partial charge on any atom is -0.458 e. The van der Waals surface area contributed by atoms with Gasteiger partial charge in [-0.05, 0) is 65.9 Å². The summed E-state index contributed by atoms with van der Waals surface area (Å²) in [5.41, 5.74) is 3.06. The number of carbonyl (C=O) groups excluding carboxylic acids is 1. The molecule has 3 rings (SSSR count). The molecule has 1 aliphatic heterocycles. The van der Waals surface area contributed by atoms with Gasteiger partial charge in [-0.3, -0.25) is 4.79 Å². The molecule has 1 amide bonds. The summed E-state index contributed by atoms with van der Waals surface area (Å²) in [4.78, 5) is 22.9. The van der Waals surface area contributed by atoms with Crippen LogP contribution in [0.1, 0.15) is 34.3 Å². The maximum absolute atomic E-state index is 12.7. The first kappa shape index (κ1) is 16.9. The Morgan fingerprint density at radius 3 is 2.71 bits per heavy atom. The summed E-state index contributed by atoms with van der Waals surface area (Å²) < 4.78 is 6.64. The normalized spacial score (nSPS) is 17.6. The maximum Gasteiger partial charge on any atom is 0.316 e. The van der Waals surface area contributed by atoms with Crippen LogP contribution in [0.3, 0.4) is 0 Å². The molecule has 2 aromatic rings. The summed E-state index contributed by atoms with van der Waals surface area (Å²) in [6, 6.07) is 6.20. The average Bonchev–Trinajstić information content (AvgIpc) is 2.59. The summed E-state index contributed by atoms with van der Waals surface area (Å²) in [6.45, 7) is 5.39. The first-order valence-electron chi connectivity index (χ1n) is 8.03. The smallest absolute Gasteiger partial charge is 0.316 e. The van der Waals surface area contributed by atoms with Crippen molar-refractivity contribution in [2.45, 2.75) is 32.8 Å². The van der Waals surface area contributed by atoms with Gasteiger partial charge in [0.25, 0.3) is 5.91 Å². The zero-order valence-electron chi connectivity index (χ0n) is 13.8. The fourth-order valence-electron chi connectivity index (χ4n) is 2.79. The van der Waals surface area contributed by atoms with Gasteiger partial charge in [0.1, 0.15) is 6.10 Å². The monoisotopic (exact) mass is 389 g/mol. The van der Waals surface area contributed by atoms with Crippen molar-refractivity contribution in [3.63, 3.8) is 0 Å². The number of hydrogen-bond acceptors (Lipinski definition) is 4. The maximum atomic E-state index is 12.7. The Morgan fingerprint density at radius 2 is 2.00 bits per heavy atom. The van der Waals surface area contributed by atoms with E-state index in [1.165, 1.54) is 5.56 Å². The number of carbonyl (C=O) groups is 1. The molecule has 0 spiro atoms. The molecule has 24 heavy (non-hydrogen) atoms. The quantitative estimate of drug-likeness (QED) is 0.805. The molecule has 0 bridgehead atoms. The molecule has 0 aliphatic carbocycles. The second kappa shape index (κ2) is 7.30. The highest BCUT2D eigenvalue weighted by molar-refractivity contribution is 9.10. The lowest BCUT2D eigenvalue weighted by molar-refractivity contribution is 0.0515. The predicted octanol–water partition coefficient (Wildman–Crippen LogP) is 3.54. The van der Waals surface area contributed by atoms with Crippen molar-refractivity contribution < 1.29 is 9.53 Å². The van der Waals surface area contributed by atoms with Gasteiger partial charge in [0.05, 0.1) is 11.0 Å². The minimum absolute atomic E-state index is 0.0584. The Kier molecular flexibility index (Phi) is 5.14. The number of hydrogen-bond donors (Lipinski definition) is 0. The molecule has 6 heteroatoms. The molecule has 1 aromatic carbocycles. The first-order chi connectivity index (χ1) is 11.5. The second-order valence-corrected chi connectivity index (χ2v) is 7.03. The Bertz CT molecular complexity index is 734. The van der Waals surface area contributed by atoms with Crippen LogP contribution in [0, 0.1) is 13.8 Å². The zero-order chi connectivity index (χ0) is 17.1. The van der Waals surface area contributed by atoms with E-state index in [0.717, 1.165) is 35.0 Å². The van der Waals surface area contributed by atoms with E-state index in [0.29, 0.717) is 12.6 Å². The highest BCUT2D eigenvalue weighted by Crippen LogP contribution is 2.19. The van der Waals surface area contributed by atoms with Crippen molar-refractivity contribution in [2.24, 2.45) is 0 Å². The van der Waals surface area contributed by atoms with E-state index < -0.39 is 0 Å². The predicted molar refractivity (Wildman–Crippen MR) is 95.2 cm³/mol. The Hall–Kier alpha value is -1.95. The second-order valence-electron chi connectivity index (χ2n) is 6.12. The highest BCUT2D eigenvalue weighted by atomic mass is 79.9. The number of amides is 1. The number of halogens is 1. The van der Waals surface area contributed by atoms with Crippen LogP contribution in [0.15, 0.2) is 35.1 Å². The van der Waals surface area contributed by atoms with Crippen molar-refractivity contribution in [1.82, 2.24) is 14.9 Å². The fraction of sp³-hybridized carbons (Fsp3) is 0.389. The molecule has 1 fully saturated rings. The number of aryl methyl sites for hydroxylation is 2. The third-order valence-electron chi connectivity index (χ3n) is 4.29. The van der Waals surface area contributed by atoms with Crippen LogP contribution in [0.5, 0.6) is 6.01 Å². The molecule has 0 radical (unpaired) electrons. The van der Waals surface area contributed by atoms with Crippen LogP contribution in [0.25, 0.3) is 0 Å². The lowest BCUT2D eigenvalue weighted by Gasteiger charge is -2.32. The fourth-order valence-corrected chi connectivity index (χ4v) is 2.99. The summed E-state index contributed by atoms with van der Waals surface area (Å²) in [5, 5.41) is 0. The number of rotatable bonds is 3. The molecule has 126 valence electrons. The van der Waals surface area contributed by atoms with Gasteiger partial charge in [-0.15, -0.1) is 0 Å². The molecular weight excluding hydrogens is 370 g/mol. The molecule has 2 heterocycles. The average molecular weight is 390 g/mol. The summed E-state index contributed by atoms with van der Waals surface area (Å²) in [7, 11) is 0. The third kappa shape index (κ3) is 3.93. The van der Waals surface area contributed by atoms with Gasteiger partial charge in [-0.25, -0.2) is 9.97 Å². The van der Waals surface area contributed by atoms with Crippen LogP contribution in [-0.2, 0) is 0 Å². The van der Waals surface area contributed by atoms with Crippen molar-refractivity contribution in [1.29, 1.82) is 0 Å². The van der Waals surface area contributed by atoms with Crippen LogP contribution in [0.4, 0.5) is 0 Å². The molecule has 1 atom stereocenters. The largest absolute Gasteiger partial charge is 0.458 e. The number of ether oxygens (including phenoxy) is 1. The minimum atomic E-state index is -0.0737. The SMILES string of the molecule is Cc1ccc(C(=O)N2CCC[C@H](Oc3ncc(Br)cn3)C2)cc1C. The van der Waals surface area contributed by atoms with E-state index in [2.05, 4.69) is 25.9 Å². The molecular formula is C18H20BrN3O2. The standard InChI is InChI=1S/C18H20BrN3O2/c1-12-5-6-14(8-13(12)2)17(23)22-7-3-4-16(11-22)24-18-20-9-15(19)10-21-18/h5-6,8-10,16H,3-4,7,11H2,1-2H3/t16-/m0/s1. The Labute approximate surface area is 150 Å². The number of benzene rings is 1. The van der Waals surface area contributed by atoms with Gasteiger partial charge in [-0.2, -0.15) is 0 Å². The molecule has 0 N–H and O–H groups in total. The Morgan fingerprint density at radius 1 is 1.25 bits per heavy atom. The number of nitrogens with zero attached hydrogens (tertiary/aromatic N) is 3. The third-order valence-corrected chi connectivity index (χ3v) is 4.70. The number of piperidine rings is 1. The molecule has 1 aliphatic rings. The van der Waals surface area contributed by atoms with Crippen LogP contribution in [0.2, 0.25) is 0 Å². The molecule has 0 saturated carbocycles. The van der Waals surface area contributed by atoms with Crippen molar-refractivity contribution >= 4 is 21.8 Å². The number of aromatic nitrogens is 2. The van der Waals surface area contributed by atoms with E-state index in [1.807, 2.05) is 36.9 Å². The van der Waals surface area contributed by atoms with Crippen molar-refractivity contribution in [3.05, 3.63) is 51.8 Å². The van der Waals surface area contributed by atoms with Crippen molar-refractivity contribution in [2.75, 3.05) is 13.1 Å². The molecule has 1 saturated heterocycles. The van der Waals surface area contributed by atoms with Crippen LogP contribution >= 0.6 is 15.9 Å². The van der Waals surface area contributed by atoms with Gasteiger partial charge in [0.15, 0.2) is 0 Å². The Balaban J connectivity index is 1.67. The summed E-state index contributed by atoms with van der Waals surface area (Å²) in [5.74, 6) is 0.0584. The summed E-state index contributed by atoms with van der Waals surface area (Å²) >= 11 is 3.30. The van der Waals surface area contributed by atoms with E-state index in [4.69, 9.17) is 4.74 Å². The van der Waals surface area contributed by atoms with Gasteiger partial charge >= 0.3 is 6.01 Å². The van der Waals surface area contributed by atoms with Crippen molar-refractivity contribution in [3.8, 4) is 6.01 Å². The molecule has 1 aromatic heterocycles. The van der Waals surface area contributed by atoms with E-state index in [9.17, 15) is 4.79 Å². The highest BCUT2D eigenvalue weighted by Gasteiger charge is 2.26. The van der Waals surface area contributed by atoms with E-state index >= 15 is 0 Å². The lowest BCUT2D eigenvalue weighted by atomic mass is 10.0. The topological polar surface area (TPSA) is 55.3 Å². The van der Waals surface area contributed by atoms with Crippen LogP contribution < -0.4 is 4.74 Å². The zero-order valence-corrected chi connectivity index (χ0v) is 15.4. The molecule has 0 unspecified atom stereocenters. The van der Waals surface area contributed by atoms with E-state index in [1.54, 1.807) is 12.4 Å². The summed E-state index contributed by atoms with van der Waals surface area (Å²) in [6.07, 6.45) is 5.05. The van der Waals surface area contributed by atoms with Crippen LogP contribution in [-0.4, -0.2) is 40.0 Å². The van der Waals surface area contributed by atoms with Gasteiger partial charge in [-0.1, -0.05) is 6.07 Å². The van der Waals surface area contributed by atoms with Gasteiger partial charge < -0.3 is 9.64 Å². The van der Waals surface area contributed by atoms with E-state index in [-0.39, 0.29) is 12.0 Å². The van der Waals surface area contributed by atoms with Gasteiger partial charge in [0, 0.05) is 24.5 Å².